The zero-order chi connectivity index (χ0) is 24.5. The zero-order valence-electron chi connectivity index (χ0n) is 19.9. The number of fused-ring (bicyclic) bond motifs is 1. The summed E-state index contributed by atoms with van der Waals surface area (Å²) in [5.41, 5.74) is 0.809. The molecule has 0 spiro atoms. The predicted molar refractivity (Wildman–Crippen MR) is 140 cm³/mol. The van der Waals surface area contributed by atoms with E-state index in [2.05, 4.69) is 49.6 Å². The molecule has 1 aromatic carbocycles. The minimum atomic E-state index is -0.716. The summed E-state index contributed by atoms with van der Waals surface area (Å²) >= 11 is 5.22. The molecule has 0 unspecified atom stereocenters. The van der Waals surface area contributed by atoms with Gasteiger partial charge in [0.05, 0.1) is 25.3 Å². The molecule has 0 saturated heterocycles. The normalized spacial score (nSPS) is 12.0. The number of hydrogen-bond acceptors (Lipinski definition) is 7. The molecule has 184 valence electrons. The van der Waals surface area contributed by atoms with Gasteiger partial charge in [-0.25, -0.2) is 9.97 Å². The minimum Gasteiger partial charge on any atom is -0.493 e. The van der Waals surface area contributed by atoms with Crippen molar-refractivity contribution in [2.24, 2.45) is 0 Å². The van der Waals surface area contributed by atoms with Gasteiger partial charge in [-0.3, -0.25) is 4.79 Å². The van der Waals surface area contributed by atoms with E-state index in [1.165, 1.54) is 4.88 Å². The van der Waals surface area contributed by atoms with Crippen LogP contribution in [0.4, 0.5) is 5.82 Å². The zero-order valence-corrected chi connectivity index (χ0v) is 22.3. The first-order chi connectivity index (χ1) is 16.4. The highest BCUT2D eigenvalue weighted by Crippen LogP contribution is 2.36. The fourth-order valence-corrected chi connectivity index (χ4v) is 5.19. The molecule has 0 saturated carbocycles. The quantitative estimate of drug-likeness (QED) is 0.206. The van der Waals surface area contributed by atoms with Crippen molar-refractivity contribution in [2.45, 2.75) is 64.8 Å². The van der Waals surface area contributed by atoms with Crippen molar-refractivity contribution in [3.05, 3.63) is 38.8 Å². The third kappa shape index (κ3) is 7.56. The number of nitrogens with one attached hydrogen (secondary N) is 1. The first-order valence-electron chi connectivity index (χ1n) is 11.6. The lowest BCUT2D eigenvalue weighted by atomic mass is 10.1. The van der Waals surface area contributed by atoms with E-state index >= 15 is 0 Å². The van der Waals surface area contributed by atoms with Crippen LogP contribution in [0.1, 0.15) is 68.6 Å². The number of unbranched alkanes of at least 4 members (excludes halogenated alkanes) is 5. The average molecular weight is 551 g/mol. The molecule has 3 rings (SSSR count). The molecule has 0 amide bonds. The Kier molecular flexibility index (Phi) is 9.95. The Bertz CT molecular complexity index is 1110. The van der Waals surface area contributed by atoms with E-state index in [-0.39, 0.29) is 12.5 Å². The van der Waals surface area contributed by atoms with Crippen LogP contribution >= 0.6 is 27.3 Å². The maximum atomic E-state index is 10.5. The van der Waals surface area contributed by atoms with E-state index in [1.54, 1.807) is 18.4 Å². The Morgan fingerprint density at radius 3 is 2.53 bits per heavy atom. The predicted octanol–water partition coefficient (Wildman–Crippen LogP) is 7.14. The Morgan fingerprint density at radius 2 is 1.85 bits per heavy atom. The summed E-state index contributed by atoms with van der Waals surface area (Å²) in [6.07, 6.45) is 6.09. The Balaban J connectivity index is 1.62. The molecule has 0 aliphatic rings. The molecule has 3 aromatic rings. The molecular formula is C25H32BrN3O4S. The van der Waals surface area contributed by atoms with Crippen LogP contribution < -0.4 is 14.8 Å². The number of aromatic nitrogens is 2. The topological polar surface area (TPSA) is 93.6 Å². The van der Waals surface area contributed by atoms with Gasteiger partial charge in [0.25, 0.3) is 0 Å². The van der Waals surface area contributed by atoms with Crippen molar-refractivity contribution >= 4 is 50.0 Å². The number of nitrogens with zero attached hydrogens (tertiary/aromatic N) is 2. The summed E-state index contributed by atoms with van der Waals surface area (Å²) in [5, 5.41) is 15.2. The number of halogens is 1. The van der Waals surface area contributed by atoms with Crippen molar-refractivity contribution in [3.8, 4) is 11.5 Å². The summed E-state index contributed by atoms with van der Waals surface area (Å²) in [4.78, 5) is 21.0. The molecule has 0 aliphatic carbocycles. The molecule has 7 nitrogen and oxygen atoms in total. The molecule has 1 atom stereocenters. The second kappa shape index (κ2) is 12.9. The standard InChI is InChI=1S/C25H32BrN3O4S/c1-16(23-12-18(26)15-34-23)27-25-19-13-21(32-3)22(14-20(19)28-17(2)29-25)33-11-9-7-5-4-6-8-10-24(30)31/h12-16H,4-11H2,1-3H3,(H,30,31)(H,27,28,29)/t16-/m1/s1. The third-order valence-electron chi connectivity index (χ3n) is 5.50. The fourth-order valence-electron chi connectivity index (χ4n) is 3.73. The van der Waals surface area contributed by atoms with Crippen molar-refractivity contribution in [2.75, 3.05) is 19.0 Å². The number of carbonyl (C=O) groups is 1. The summed E-state index contributed by atoms with van der Waals surface area (Å²) in [7, 11) is 1.64. The Hall–Kier alpha value is -2.39. The number of ether oxygens (including phenoxy) is 2. The van der Waals surface area contributed by atoms with E-state index in [4.69, 9.17) is 14.6 Å². The number of anilines is 1. The lowest BCUT2D eigenvalue weighted by Crippen LogP contribution is -2.09. The van der Waals surface area contributed by atoms with Gasteiger partial charge in [-0.1, -0.05) is 25.7 Å². The fraction of sp³-hybridized carbons (Fsp3) is 0.480. The van der Waals surface area contributed by atoms with Crippen LogP contribution in [0.2, 0.25) is 0 Å². The van der Waals surface area contributed by atoms with Crippen LogP contribution in [0.15, 0.2) is 28.1 Å². The van der Waals surface area contributed by atoms with E-state index in [0.29, 0.717) is 23.9 Å². The highest BCUT2D eigenvalue weighted by atomic mass is 79.9. The maximum absolute atomic E-state index is 10.5. The van der Waals surface area contributed by atoms with Crippen molar-refractivity contribution < 1.29 is 19.4 Å². The van der Waals surface area contributed by atoms with Crippen molar-refractivity contribution in [3.63, 3.8) is 0 Å². The summed E-state index contributed by atoms with van der Waals surface area (Å²) in [5.74, 6) is 2.08. The van der Waals surface area contributed by atoms with E-state index in [0.717, 1.165) is 59.7 Å². The summed E-state index contributed by atoms with van der Waals surface area (Å²) in [6, 6.07) is 6.07. The van der Waals surface area contributed by atoms with Crippen LogP contribution in [0, 0.1) is 6.92 Å². The molecular weight excluding hydrogens is 518 g/mol. The van der Waals surface area contributed by atoms with Gasteiger partial charge in [-0.15, -0.1) is 11.3 Å². The molecule has 34 heavy (non-hydrogen) atoms. The molecule has 2 N–H and O–H groups in total. The lowest BCUT2D eigenvalue weighted by molar-refractivity contribution is -0.137. The van der Waals surface area contributed by atoms with E-state index < -0.39 is 5.97 Å². The lowest BCUT2D eigenvalue weighted by Gasteiger charge is -2.17. The summed E-state index contributed by atoms with van der Waals surface area (Å²) < 4.78 is 12.7. The highest BCUT2D eigenvalue weighted by molar-refractivity contribution is 9.10. The number of carboxylic acids is 1. The first-order valence-corrected chi connectivity index (χ1v) is 13.3. The van der Waals surface area contributed by atoms with Crippen LogP contribution in [0.3, 0.4) is 0 Å². The van der Waals surface area contributed by atoms with Gasteiger partial charge in [-0.05, 0) is 54.8 Å². The van der Waals surface area contributed by atoms with Crippen molar-refractivity contribution in [1.29, 1.82) is 0 Å². The third-order valence-corrected chi connectivity index (χ3v) is 7.38. The molecule has 9 heteroatoms. The van der Waals surface area contributed by atoms with Crippen molar-refractivity contribution in [1.82, 2.24) is 9.97 Å². The first kappa shape index (κ1) is 26.2. The van der Waals surface area contributed by atoms with Crippen LogP contribution in [-0.2, 0) is 4.79 Å². The van der Waals surface area contributed by atoms with Gasteiger partial charge in [0.1, 0.15) is 11.6 Å². The number of methoxy groups -OCH3 is 1. The average Bonchev–Trinajstić information content (AvgIpc) is 3.23. The number of aliphatic carboxylic acids is 1. The van der Waals surface area contributed by atoms with Gasteiger partial charge >= 0.3 is 5.97 Å². The number of carboxylic acid groups (broad SMARTS) is 1. The van der Waals surface area contributed by atoms with Gasteiger partial charge in [0.2, 0.25) is 0 Å². The van der Waals surface area contributed by atoms with Crippen LogP contribution in [-0.4, -0.2) is 34.8 Å². The molecule has 0 fully saturated rings. The maximum Gasteiger partial charge on any atom is 0.303 e. The molecule has 2 heterocycles. The van der Waals surface area contributed by atoms with Gasteiger partial charge in [-0.2, -0.15) is 0 Å². The van der Waals surface area contributed by atoms with Crippen LogP contribution in [0.25, 0.3) is 10.9 Å². The number of thiophene rings is 1. The SMILES string of the molecule is COc1cc2c(N[C@H](C)c3cc(Br)cs3)nc(C)nc2cc1OCCCCCCCCC(=O)O. The number of hydrogen-bond donors (Lipinski definition) is 2. The van der Waals surface area contributed by atoms with Crippen LogP contribution in [0.5, 0.6) is 11.5 Å². The molecule has 0 bridgehead atoms. The number of rotatable bonds is 14. The minimum absolute atomic E-state index is 0.0971. The molecule has 0 radical (unpaired) electrons. The largest absolute Gasteiger partial charge is 0.493 e. The molecule has 2 aromatic heterocycles. The molecule has 0 aliphatic heterocycles. The Morgan fingerprint density at radius 1 is 1.12 bits per heavy atom. The van der Waals surface area contributed by atoms with Gasteiger partial charge < -0.3 is 19.9 Å². The monoisotopic (exact) mass is 549 g/mol. The second-order valence-electron chi connectivity index (χ2n) is 8.29. The highest BCUT2D eigenvalue weighted by Gasteiger charge is 2.16. The van der Waals surface area contributed by atoms with Gasteiger partial charge in [0.15, 0.2) is 11.5 Å². The number of benzene rings is 1. The number of aryl methyl sites for hydroxylation is 1. The second-order valence-corrected chi connectivity index (χ2v) is 10.1. The summed E-state index contributed by atoms with van der Waals surface area (Å²) in [6.45, 7) is 4.59. The van der Waals surface area contributed by atoms with E-state index in [9.17, 15) is 4.79 Å². The Labute approximate surface area is 213 Å². The van der Waals surface area contributed by atoms with Gasteiger partial charge in [0, 0.05) is 32.6 Å². The van der Waals surface area contributed by atoms with E-state index in [1.807, 2.05) is 19.1 Å². The smallest absolute Gasteiger partial charge is 0.303 e.